The smallest absolute Gasteiger partial charge is 0.203 e. The van der Waals surface area contributed by atoms with E-state index in [0.717, 1.165) is 35.6 Å². The highest BCUT2D eigenvalue weighted by molar-refractivity contribution is 5.88. The Hall–Kier alpha value is -3.52. The molecular formula is C25H23F3N2O3. The highest BCUT2D eigenvalue weighted by atomic mass is 19.2. The molecule has 172 valence electrons. The van der Waals surface area contributed by atoms with E-state index in [2.05, 4.69) is 4.98 Å². The fraction of sp³-hybridized carbons (Fsp3) is 0.240. The van der Waals surface area contributed by atoms with Gasteiger partial charge in [0.25, 0.3) is 0 Å². The Morgan fingerprint density at radius 1 is 1.00 bits per heavy atom. The van der Waals surface area contributed by atoms with Gasteiger partial charge in [-0.05, 0) is 55.7 Å². The van der Waals surface area contributed by atoms with Crippen molar-refractivity contribution in [3.8, 4) is 11.5 Å². The molecule has 4 aromatic rings. The summed E-state index contributed by atoms with van der Waals surface area (Å²) in [6, 6.07) is 10.7. The van der Waals surface area contributed by atoms with Crippen LogP contribution in [0.2, 0.25) is 0 Å². The normalized spacial score (nSPS) is 11.2. The first-order valence-corrected chi connectivity index (χ1v) is 10.5. The van der Waals surface area contributed by atoms with Crippen molar-refractivity contribution in [3.63, 3.8) is 0 Å². The van der Waals surface area contributed by atoms with E-state index in [1.54, 1.807) is 25.3 Å². The van der Waals surface area contributed by atoms with Crippen molar-refractivity contribution in [3.05, 3.63) is 88.7 Å². The van der Waals surface area contributed by atoms with Gasteiger partial charge in [0, 0.05) is 24.0 Å². The van der Waals surface area contributed by atoms with Crippen LogP contribution < -0.4 is 15.2 Å². The molecule has 2 aromatic carbocycles. The number of aromatic nitrogens is 1. The van der Waals surface area contributed by atoms with E-state index >= 15 is 0 Å². The number of furan rings is 1. The summed E-state index contributed by atoms with van der Waals surface area (Å²) in [5.74, 6) is -3.34. The van der Waals surface area contributed by atoms with Gasteiger partial charge in [-0.3, -0.25) is 4.98 Å². The zero-order valence-electron chi connectivity index (χ0n) is 18.0. The molecule has 2 heterocycles. The minimum atomic E-state index is -1.38. The van der Waals surface area contributed by atoms with Crippen LogP contribution in [-0.4, -0.2) is 11.6 Å². The second-order valence-electron chi connectivity index (χ2n) is 7.51. The van der Waals surface area contributed by atoms with Crippen LogP contribution in [0.5, 0.6) is 11.5 Å². The predicted molar refractivity (Wildman–Crippen MR) is 118 cm³/mol. The summed E-state index contributed by atoms with van der Waals surface area (Å²) >= 11 is 0. The molecule has 8 heteroatoms. The van der Waals surface area contributed by atoms with Gasteiger partial charge in [0.2, 0.25) is 5.82 Å². The molecule has 2 aromatic heterocycles. The average Bonchev–Trinajstić information content (AvgIpc) is 3.15. The van der Waals surface area contributed by atoms with E-state index in [-0.39, 0.29) is 6.61 Å². The molecular weight excluding hydrogens is 433 g/mol. The zero-order valence-corrected chi connectivity index (χ0v) is 18.0. The summed E-state index contributed by atoms with van der Waals surface area (Å²) in [7, 11) is 0. The maximum Gasteiger partial charge on any atom is 0.203 e. The number of fused-ring (bicyclic) bond motifs is 1. The third-order valence-electron chi connectivity index (χ3n) is 5.38. The molecule has 0 spiro atoms. The number of benzene rings is 2. The van der Waals surface area contributed by atoms with Gasteiger partial charge in [-0.25, -0.2) is 8.78 Å². The molecule has 2 N–H and O–H groups in total. The number of pyridine rings is 1. The highest BCUT2D eigenvalue weighted by Gasteiger charge is 2.19. The molecule has 0 radical (unpaired) electrons. The molecule has 4 rings (SSSR count). The van der Waals surface area contributed by atoms with E-state index in [1.165, 1.54) is 0 Å². The number of ether oxygens (including phenoxy) is 2. The Kier molecular flexibility index (Phi) is 6.84. The van der Waals surface area contributed by atoms with Gasteiger partial charge in [0.05, 0.1) is 12.0 Å². The first-order valence-electron chi connectivity index (χ1n) is 10.5. The first kappa shape index (κ1) is 22.7. The van der Waals surface area contributed by atoms with Crippen LogP contribution in [0.1, 0.15) is 29.0 Å². The molecule has 0 atom stereocenters. The van der Waals surface area contributed by atoms with Crippen molar-refractivity contribution < 1.29 is 27.1 Å². The average molecular weight is 456 g/mol. The molecule has 0 fully saturated rings. The number of hydrogen-bond donors (Lipinski definition) is 1. The minimum Gasteiger partial charge on any atom is -0.493 e. The molecule has 0 aliphatic heterocycles. The maximum atomic E-state index is 13.9. The van der Waals surface area contributed by atoms with Crippen LogP contribution >= 0.6 is 0 Å². The fourth-order valence-electron chi connectivity index (χ4n) is 3.65. The predicted octanol–water partition coefficient (Wildman–Crippen LogP) is 5.60. The van der Waals surface area contributed by atoms with Crippen molar-refractivity contribution >= 4 is 11.0 Å². The van der Waals surface area contributed by atoms with Crippen LogP contribution in [0, 0.1) is 24.4 Å². The second kappa shape index (κ2) is 9.95. The van der Waals surface area contributed by atoms with Crippen LogP contribution in [-0.2, 0) is 19.6 Å². The molecule has 0 unspecified atom stereocenters. The Bertz CT molecular complexity index is 1270. The molecule has 0 bridgehead atoms. The van der Waals surface area contributed by atoms with Gasteiger partial charge in [0.1, 0.15) is 23.7 Å². The largest absolute Gasteiger partial charge is 0.493 e. The van der Waals surface area contributed by atoms with Gasteiger partial charge in [-0.1, -0.05) is 12.1 Å². The zero-order chi connectivity index (χ0) is 23.4. The van der Waals surface area contributed by atoms with Crippen molar-refractivity contribution in [2.45, 2.75) is 32.9 Å². The molecule has 0 aliphatic rings. The summed E-state index contributed by atoms with van der Waals surface area (Å²) in [6.45, 7) is 2.43. The molecule has 0 saturated heterocycles. The van der Waals surface area contributed by atoms with Gasteiger partial charge < -0.3 is 19.6 Å². The summed E-state index contributed by atoms with van der Waals surface area (Å²) in [4.78, 5) is 4.38. The second-order valence-corrected chi connectivity index (χ2v) is 7.51. The van der Waals surface area contributed by atoms with Crippen LogP contribution in [0.15, 0.2) is 53.1 Å². The summed E-state index contributed by atoms with van der Waals surface area (Å²) in [5.41, 5.74) is 9.00. The first-order chi connectivity index (χ1) is 16.0. The molecule has 0 aliphatic carbocycles. The van der Waals surface area contributed by atoms with E-state index < -0.39 is 23.2 Å². The lowest BCUT2D eigenvalue weighted by molar-refractivity contribution is 0.244. The molecule has 5 nitrogen and oxygen atoms in total. The third-order valence-corrected chi connectivity index (χ3v) is 5.38. The van der Waals surface area contributed by atoms with E-state index in [1.807, 2.05) is 18.2 Å². The SMILES string of the molecule is Cc1c(COc2c(F)ccc(F)c2F)oc2cccc(OCCCc3ncccc3CN)c12. The fourth-order valence-corrected chi connectivity index (χ4v) is 3.65. The number of rotatable bonds is 9. The van der Waals surface area contributed by atoms with E-state index in [0.29, 0.717) is 41.9 Å². The van der Waals surface area contributed by atoms with Gasteiger partial charge in [-0.15, -0.1) is 0 Å². The Morgan fingerprint density at radius 3 is 2.64 bits per heavy atom. The summed E-state index contributed by atoms with van der Waals surface area (Å²) in [6.07, 6.45) is 3.22. The molecule has 0 saturated carbocycles. The minimum absolute atomic E-state index is 0.265. The van der Waals surface area contributed by atoms with Crippen LogP contribution in [0.3, 0.4) is 0 Å². The van der Waals surface area contributed by atoms with Gasteiger partial charge >= 0.3 is 0 Å². The number of aryl methyl sites for hydroxylation is 2. The van der Waals surface area contributed by atoms with Gasteiger partial charge in [0.15, 0.2) is 17.4 Å². The lowest BCUT2D eigenvalue weighted by Crippen LogP contribution is -2.06. The van der Waals surface area contributed by atoms with Crippen molar-refractivity contribution in [2.75, 3.05) is 6.61 Å². The number of nitrogens with zero attached hydrogens (tertiary/aromatic N) is 1. The number of halogens is 3. The Balaban J connectivity index is 1.46. The summed E-state index contributed by atoms with van der Waals surface area (Å²) in [5, 5.41) is 0.747. The lowest BCUT2D eigenvalue weighted by Gasteiger charge is -2.09. The standard InChI is InChI=1S/C25H23F3N2O3/c1-15-22(14-32-25-18(27)10-9-17(26)24(25)28)33-21-8-2-7-20(23(15)21)31-12-4-6-19-16(13-29)5-3-11-30-19/h2-3,5,7-11H,4,6,12-14,29H2,1H3. The summed E-state index contributed by atoms with van der Waals surface area (Å²) < 4.78 is 58.2. The van der Waals surface area contributed by atoms with Gasteiger partial charge in [-0.2, -0.15) is 4.39 Å². The van der Waals surface area contributed by atoms with Crippen LogP contribution in [0.25, 0.3) is 11.0 Å². The highest BCUT2D eigenvalue weighted by Crippen LogP contribution is 2.34. The molecule has 33 heavy (non-hydrogen) atoms. The quantitative estimate of drug-likeness (QED) is 0.262. The van der Waals surface area contributed by atoms with Crippen molar-refractivity contribution in [2.24, 2.45) is 5.73 Å². The van der Waals surface area contributed by atoms with Crippen molar-refractivity contribution in [1.29, 1.82) is 0 Å². The lowest BCUT2D eigenvalue weighted by atomic mass is 10.1. The van der Waals surface area contributed by atoms with E-state index in [4.69, 9.17) is 19.6 Å². The topological polar surface area (TPSA) is 70.5 Å². The number of hydrogen-bond acceptors (Lipinski definition) is 5. The Morgan fingerprint density at radius 2 is 1.82 bits per heavy atom. The van der Waals surface area contributed by atoms with Crippen molar-refractivity contribution in [1.82, 2.24) is 4.98 Å². The molecule has 0 amide bonds. The third kappa shape index (κ3) is 4.80. The van der Waals surface area contributed by atoms with Crippen LogP contribution in [0.4, 0.5) is 13.2 Å². The monoisotopic (exact) mass is 456 g/mol. The number of nitrogens with two attached hydrogens (primary N) is 1. The van der Waals surface area contributed by atoms with E-state index in [9.17, 15) is 13.2 Å². The Labute approximate surface area is 188 Å². The maximum absolute atomic E-state index is 13.9.